The summed E-state index contributed by atoms with van der Waals surface area (Å²) in [6.07, 6.45) is 0.753. The molecule has 0 bridgehead atoms. The van der Waals surface area contributed by atoms with Gasteiger partial charge in [0.15, 0.2) is 5.78 Å². The van der Waals surface area contributed by atoms with Gasteiger partial charge in [-0.25, -0.2) is 4.79 Å². The summed E-state index contributed by atoms with van der Waals surface area (Å²) in [7, 11) is 1.57. The third-order valence-electron chi connectivity index (χ3n) is 3.38. The van der Waals surface area contributed by atoms with Crippen LogP contribution in [-0.4, -0.2) is 29.3 Å². The Balaban J connectivity index is 2.33. The number of rotatable bonds is 2. The predicted octanol–water partition coefficient (Wildman–Crippen LogP) is 3.14. The molecule has 1 atom stereocenters. The Morgan fingerprint density at radius 2 is 2.00 bits per heavy atom. The molecule has 4 nitrogen and oxygen atoms in total. The van der Waals surface area contributed by atoms with E-state index in [2.05, 4.69) is 0 Å². The molecule has 1 aliphatic carbocycles. The summed E-state index contributed by atoms with van der Waals surface area (Å²) in [5.41, 5.74) is 0.626. The van der Waals surface area contributed by atoms with E-state index in [1.165, 1.54) is 0 Å². The Labute approximate surface area is 129 Å². The van der Waals surface area contributed by atoms with Gasteiger partial charge in [0.2, 0.25) is 4.87 Å². The smallest absolute Gasteiger partial charge is 0.335 e. The summed E-state index contributed by atoms with van der Waals surface area (Å²) in [5.74, 6) is -0.397. The van der Waals surface area contributed by atoms with Crippen molar-refractivity contribution >= 4 is 23.4 Å². The van der Waals surface area contributed by atoms with E-state index in [9.17, 15) is 9.59 Å². The van der Waals surface area contributed by atoms with Gasteiger partial charge in [-0.05, 0) is 57.4 Å². The van der Waals surface area contributed by atoms with E-state index in [-0.39, 0.29) is 6.42 Å². The van der Waals surface area contributed by atoms with Crippen LogP contribution in [-0.2, 0) is 16.0 Å². The highest BCUT2D eigenvalue weighted by molar-refractivity contribution is 6.48. The first-order valence-corrected chi connectivity index (χ1v) is 7.19. The van der Waals surface area contributed by atoms with Crippen LogP contribution in [0.5, 0.6) is 5.75 Å². The maximum atomic E-state index is 12.6. The minimum absolute atomic E-state index is 0.225. The van der Waals surface area contributed by atoms with Crippen LogP contribution in [0.3, 0.4) is 0 Å². The number of halogens is 1. The van der Waals surface area contributed by atoms with Crippen molar-refractivity contribution < 1.29 is 19.1 Å². The molecule has 0 aliphatic heterocycles. The maximum Gasteiger partial charge on any atom is 0.335 e. The zero-order valence-corrected chi connectivity index (χ0v) is 13.4. The summed E-state index contributed by atoms with van der Waals surface area (Å²) in [5, 5.41) is 0. The lowest BCUT2D eigenvalue weighted by Gasteiger charge is -2.32. The summed E-state index contributed by atoms with van der Waals surface area (Å²) in [6, 6.07) is 5.14. The molecule has 1 aromatic rings. The topological polar surface area (TPSA) is 52.6 Å². The van der Waals surface area contributed by atoms with Crippen LogP contribution in [0.25, 0.3) is 0 Å². The number of esters is 1. The van der Waals surface area contributed by atoms with Crippen LogP contribution in [0.4, 0.5) is 0 Å². The molecule has 5 heteroatoms. The van der Waals surface area contributed by atoms with E-state index < -0.39 is 22.2 Å². The third-order valence-corrected chi connectivity index (χ3v) is 3.89. The Bertz CT molecular complexity index is 588. The quantitative estimate of drug-likeness (QED) is 0.478. The summed E-state index contributed by atoms with van der Waals surface area (Å²) in [6.45, 7) is 5.24. The highest BCUT2D eigenvalue weighted by Gasteiger charge is 2.49. The van der Waals surface area contributed by atoms with Crippen molar-refractivity contribution in [1.29, 1.82) is 0 Å². The number of Topliss-reactive ketones (excluding diaryl/α,β-unsaturated/α-hetero) is 1. The molecule has 0 saturated carbocycles. The number of hydrogen-bond donors (Lipinski definition) is 0. The second-order valence-electron chi connectivity index (χ2n) is 6.16. The molecule has 0 spiro atoms. The number of carbonyl (C=O) groups excluding carboxylic acids is 2. The summed E-state index contributed by atoms with van der Waals surface area (Å²) in [4.78, 5) is 23.2. The molecular formula is C16H19ClO4. The van der Waals surface area contributed by atoms with Gasteiger partial charge in [0.1, 0.15) is 11.4 Å². The molecule has 21 heavy (non-hydrogen) atoms. The first kappa shape index (κ1) is 15.8. The van der Waals surface area contributed by atoms with Gasteiger partial charge in [-0.3, -0.25) is 4.79 Å². The number of alkyl halides is 1. The Morgan fingerprint density at radius 1 is 1.33 bits per heavy atom. The monoisotopic (exact) mass is 310 g/mol. The van der Waals surface area contributed by atoms with Crippen LogP contribution in [0.1, 0.15) is 43.1 Å². The molecule has 2 rings (SSSR count). The molecule has 1 aromatic carbocycles. The average Bonchev–Trinajstić information content (AvgIpc) is 2.40. The molecule has 0 fully saturated rings. The second-order valence-corrected chi connectivity index (χ2v) is 6.80. The van der Waals surface area contributed by atoms with Gasteiger partial charge >= 0.3 is 5.97 Å². The van der Waals surface area contributed by atoms with Gasteiger partial charge in [0, 0.05) is 5.56 Å². The lowest BCUT2D eigenvalue weighted by molar-refractivity contribution is -0.156. The van der Waals surface area contributed by atoms with Gasteiger partial charge in [-0.2, -0.15) is 0 Å². The predicted molar refractivity (Wildman–Crippen MR) is 80.1 cm³/mol. The number of hydrogen-bond acceptors (Lipinski definition) is 4. The fourth-order valence-corrected chi connectivity index (χ4v) is 2.55. The molecule has 0 saturated heterocycles. The van der Waals surface area contributed by atoms with Crippen LogP contribution < -0.4 is 4.74 Å². The lowest BCUT2D eigenvalue weighted by atomic mass is 9.82. The maximum absolute atomic E-state index is 12.6. The molecule has 114 valence electrons. The number of ether oxygens (including phenoxy) is 2. The largest absolute Gasteiger partial charge is 0.497 e. The van der Waals surface area contributed by atoms with Gasteiger partial charge in [-0.15, -0.1) is 0 Å². The Morgan fingerprint density at radius 3 is 2.57 bits per heavy atom. The lowest BCUT2D eigenvalue weighted by Crippen LogP contribution is -2.48. The first-order valence-electron chi connectivity index (χ1n) is 6.81. The average molecular weight is 311 g/mol. The summed E-state index contributed by atoms with van der Waals surface area (Å²) < 4.78 is 10.4. The molecule has 1 aliphatic rings. The number of aryl methyl sites for hydroxylation is 1. The van der Waals surface area contributed by atoms with E-state index in [1.807, 2.05) is 0 Å². The SMILES string of the molecule is COc1ccc2c(c1)CCC(Cl)(C(=O)OC(C)(C)C)C2=O. The zero-order valence-electron chi connectivity index (χ0n) is 12.7. The van der Waals surface area contributed by atoms with Crippen LogP contribution in [0.15, 0.2) is 18.2 Å². The van der Waals surface area contributed by atoms with Crippen molar-refractivity contribution in [3.8, 4) is 5.75 Å². The molecule has 1 unspecified atom stereocenters. The van der Waals surface area contributed by atoms with Crippen molar-refractivity contribution in [2.24, 2.45) is 0 Å². The number of fused-ring (bicyclic) bond motifs is 1. The number of ketones is 1. The van der Waals surface area contributed by atoms with Crippen LogP contribution in [0, 0.1) is 0 Å². The van der Waals surface area contributed by atoms with Crippen LogP contribution >= 0.6 is 11.6 Å². The van der Waals surface area contributed by atoms with Crippen molar-refractivity contribution in [3.63, 3.8) is 0 Å². The van der Waals surface area contributed by atoms with E-state index in [0.717, 1.165) is 5.56 Å². The van der Waals surface area contributed by atoms with E-state index in [0.29, 0.717) is 17.7 Å². The van der Waals surface area contributed by atoms with Crippen molar-refractivity contribution in [2.45, 2.75) is 44.1 Å². The zero-order chi connectivity index (χ0) is 15.8. The van der Waals surface area contributed by atoms with E-state index in [1.54, 1.807) is 46.1 Å². The Hall–Kier alpha value is -1.55. The molecular weight excluding hydrogens is 292 g/mol. The number of carbonyl (C=O) groups is 2. The van der Waals surface area contributed by atoms with E-state index >= 15 is 0 Å². The normalized spacial score (nSPS) is 21.7. The number of methoxy groups -OCH3 is 1. The highest BCUT2D eigenvalue weighted by Crippen LogP contribution is 2.37. The van der Waals surface area contributed by atoms with Gasteiger partial charge in [-0.1, -0.05) is 11.6 Å². The van der Waals surface area contributed by atoms with Crippen molar-refractivity contribution in [1.82, 2.24) is 0 Å². The molecule has 0 amide bonds. The van der Waals surface area contributed by atoms with Crippen LogP contribution in [0.2, 0.25) is 0 Å². The standard InChI is InChI=1S/C16H19ClO4/c1-15(2,3)21-14(19)16(17)8-7-10-9-11(20-4)5-6-12(10)13(16)18/h5-6,9H,7-8H2,1-4H3. The van der Waals surface area contributed by atoms with Gasteiger partial charge < -0.3 is 9.47 Å². The summed E-state index contributed by atoms with van der Waals surface area (Å²) >= 11 is 6.33. The third kappa shape index (κ3) is 3.05. The van der Waals surface area contributed by atoms with E-state index in [4.69, 9.17) is 21.1 Å². The second kappa shape index (κ2) is 5.34. The molecule has 0 aromatic heterocycles. The van der Waals surface area contributed by atoms with Gasteiger partial charge in [0.05, 0.1) is 7.11 Å². The van der Waals surface area contributed by atoms with Gasteiger partial charge in [0.25, 0.3) is 0 Å². The minimum atomic E-state index is -1.63. The van der Waals surface area contributed by atoms with Crippen molar-refractivity contribution in [3.05, 3.63) is 29.3 Å². The molecule has 0 radical (unpaired) electrons. The minimum Gasteiger partial charge on any atom is -0.497 e. The highest BCUT2D eigenvalue weighted by atomic mass is 35.5. The first-order chi connectivity index (χ1) is 9.67. The van der Waals surface area contributed by atoms with Crippen molar-refractivity contribution in [2.75, 3.05) is 7.11 Å². The fraction of sp³-hybridized carbons (Fsp3) is 0.500. The number of benzene rings is 1. The molecule has 0 heterocycles. The fourth-order valence-electron chi connectivity index (χ4n) is 2.31. The molecule has 0 N–H and O–H groups in total. The Kier molecular flexibility index (Phi) is 4.02.